The molecule has 0 spiro atoms. The van der Waals surface area contributed by atoms with E-state index in [2.05, 4.69) is 44.4 Å². The Kier molecular flexibility index (Phi) is 5.82. The van der Waals surface area contributed by atoms with Gasteiger partial charge in [-0.2, -0.15) is 0 Å². The molecule has 0 saturated carbocycles. The van der Waals surface area contributed by atoms with Crippen LogP contribution in [0.25, 0.3) is 0 Å². The van der Waals surface area contributed by atoms with Crippen LogP contribution in [0.5, 0.6) is 0 Å². The molecule has 1 aliphatic rings. The average Bonchev–Trinajstić information content (AvgIpc) is 2.78. The van der Waals surface area contributed by atoms with E-state index in [9.17, 15) is 4.79 Å². The van der Waals surface area contributed by atoms with E-state index < -0.39 is 0 Å². The molecular formula is C17H28N2OS. The molecule has 1 aromatic rings. The standard InChI is InChI=1S/C17H28N2OS/c1-11(15-6-5-7-18-10-15)8-17(20)19-13(3)16-9-12(2)21-14(16)4/h9,11,13,15,18H,5-8,10H2,1-4H3,(H,19,20). The van der Waals surface area contributed by atoms with Crippen LogP contribution in [0, 0.1) is 25.7 Å². The fourth-order valence-corrected chi connectivity index (χ4v) is 4.30. The Morgan fingerprint density at radius 2 is 2.24 bits per heavy atom. The molecule has 2 rings (SSSR count). The van der Waals surface area contributed by atoms with Gasteiger partial charge in [0.1, 0.15) is 0 Å². The van der Waals surface area contributed by atoms with Crippen molar-refractivity contribution in [3.63, 3.8) is 0 Å². The molecule has 4 heteroatoms. The SMILES string of the molecule is Cc1cc(C(C)NC(=O)CC(C)C2CCCNC2)c(C)s1. The maximum Gasteiger partial charge on any atom is 0.220 e. The number of piperidine rings is 1. The van der Waals surface area contributed by atoms with Gasteiger partial charge in [-0.15, -0.1) is 11.3 Å². The molecule has 0 aliphatic carbocycles. The third-order valence-electron chi connectivity index (χ3n) is 4.57. The molecule has 1 aromatic heterocycles. The quantitative estimate of drug-likeness (QED) is 0.873. The number of thiophene rings is 1. The highest BCUT2D eigenvalue weighted by Gasteiger charge is 2.23. The molecule has 3 unspecified atom stereocenters. The minimum Gasteiger partial charge on any atom is -0.350 e. The molecule has 1 aliphatic heterocycles. The van der Waals surface area contributed by atoms with E-state index >= 15 is 0 Å². The van der Waals surface area contributed by atoms with Gasteiger partial charge in [0.05, 0.1) is 6.04 Å². The second-order valence-corrected chi connectivity index (χ2v) is 7.91. The first-order valence-electron chi connectivity index (χ1n) is 8.04. The van der Waals surface area contributed by atoms with Crippen molar-refractivity contribution >= 4 is 17.2 Å². The van der Waals surface area contributed by atoms with E-state index in [1.54, 1.807) is 11.3 Å². The molecule has 3 atom stereocenters. The summed E-state index contributed by atoms with van der Waals surface area (Å²) in [6.07, 6.45) is 3.12. The molecule has 1 amide bonds. The molecule has 1 fully saturated rings. The summed E-state index contributed by atoms with van der Waals surface area (Å²) in [5.41, 5.74) is 1.26. The van der Waals surface area contributed by atoms with Crippen molar-refractivity contribution in [2.45, 2.75) is 53.0 Å². The van der Waals surface area contributed by atoms with Crippen LogP contribution in [0.3, 0.4) is 0 Å². The predicted octanol–water partition coefficient (Wildman–Crippen LogP) is 3.57. The lowest BCUT2D eigenvalue weighted by molar-refractivity contribution is -0.123. The first kappa shape index (κ1) is 16.5. The summed E-state index contributed by atoms with van der Waals surface area (Å²) in [6, 6.07) is 2.30. The van der Waals surface area contributed by atoms with E-state index in [0.717, 1.165) is 13.1 Å². The fourth-order valence-electron chi connectivity index (χ4n) is 3.28. The van der Waals surface area contributed by atoms with Gasteiger partial charge in [0.25, 0.3) is 0 Å². The second kappa shape index (κ2) is 7.41. The molecule has 118 valence electrons. The summed E-state index contributed by atoms with van der Waals surface area (Å²) in [7, 11) is 0. The van der Waals surface area contributed by atoms with Crippen molar-refractivity contribution in [2.24, 2.45) is 11.8 Å². The third-order valence-corrected chi connectivity index (χ3v) is 5.55. The molecule has 0 bridgehead atoms. The van der Waals surface area contributed by atoms with Gasteiger partial charge in [0.2, 0.25) is 5.91 Å². The van der Waals surface area contributed by atoms with Crippen LogP contribution in [-0.4, -0.2) is 19.0 Å². The zero-order chi connectivity index (χ0) is 15.4. The summed E-state index contributed by atoms with van der Waals surface area (Å²) >= 11 is 1.80. The zero-order valence-corrected chi connectivity index (χ0v) is 14.5. The van der Waals surface area contributed by atoms with E-state index in [1.807, 2.05) is 0 Å². The summed E-state index contributed by atoms with van der Waals surface area (Å²) in [6.45, 7) is 10.7. The van der Waals surface area contributed by atoms with Crippen LogP contribution in [0.1, 0.15) is 54.5 Å². The lowest BCUT2D eigenvalue weighted by Crippen LogP contribution is -2.36. The Morgan fingerprint density at radius 1 is 1.48 bits per heavy atom. The summed E-state index contributed by atoms with van der Waals surface area (Å²) < 4.78 is 0. The van der Waals surface area contributed by atoms with E-state index in [4.69, 9.17) is 0 Å². The predicted molar refractivity (Wildman–Crippen MR) is 89.7 cm³/mol. The van der Waals surface area contributed by atoms with Crippen LogP contribution in [0.2, 0.25) is 0 Å². The Bertz CT molecular complexity index is 477. The van der Waals surface area contributed by atoms with Crippen LogP contribution >= 0.6 is 11.3 Å². The topological polar surface area (TPSA) is 41.1 Å². The minimum atomic E-state index is 0.110. The maximum absolute atomic E-state index is 12.3. The normalized spacial score (nSPS) is 21.8. The van der Waals surface area contributed by atoms with Crippen LogP contribution in [0.15, 0.2) is 6.07 Å². The molecule has 21 heavy (non-hydrogen) atoms. The molecule has 0 aromatic carbocycles. The van der Waals surface area contributed by atoms with Crippen molar-refractivity contribution in [1.82, 2.24) is 10.6 Å². The van der Waals surface area contributed by atoms with E-state index in [1.165, 1.54) is 28.2 Å². The van der Waals surface area contributed by atoms with Gasteiger partial charge >= 0.3 is 0 Å². The number of aryl methyl sites for hydroxylation is 2. The number of hydrogen-bond acceptors (Lipinski definition) is 3. The number of hydrogen-bond donors (Lipinski definition) is 2. The van der Waals surface area contributed by atoms with Crippen molar-refractivity contribution in [3.8, 4) is 0 Å². The monoisotopic (exact) mass is 308 g/mol. The van der Waals surface area contributed by atoms with Gasteiger partial charge in [-0.3, -0.25) is 4.79 Å². The molecule has 2 N–H and O–H groups in total. The van der Waals surface area contributed by atoms with Gasteiger partial charge in [-0.1, -0.05) is 6.92 Å². The third kappa shape index (κ3) is 4.55. The maximum atomic E-state index is 12.3. The average molecular weight is 308 g/mol. The summed E-state index contributed by atoms with van der Waals surface area (Å²) in [4.78, 5) is 14.9. The number of amides is 1. The van der Waals surface area contributed by atoms with Gasteiger partial charge in [0, 0.05) is 16.2 Å². The van der Waals surface area contributed by atoms with Crippen LogP contribution < -0.4 is 10.6 Å². The van der Waals surface area contributed by atoms with E-state index in [0.29, 0.717) is 18.3 Å². The Morgan fingerprint density at radius 3 is 2.81 bits per heavy atom. The first-order chi connectivity index (χ1) is 9.97. The van der Waals surface area contributed by atoms with Gasteiger partial charge in [-0.25, -0.2) is 0 Å². The lowest BCUT2D eigenvalue weighted by atomic mass is 9.85. The van der Waals surface area contributed by atoms with Crippen molar-refractivity contribution < 1.29 is 4.79 Å². The lowest BCUT2D eigenvalue weighted by Gasteiger charge is -2.28. The highest BCUT2D eigenvalue weighted by molar-refractivity contribution is 7.12. The minimum absolute atomic E-state index is 0.110. The number of carbonyl (C=O) groups is 1. The molecule has 2 heterocycles. The summed E-state index contributed by atoms with van der Waals surface area (Å²) in [5, 5.41) is 6.60. The Hall–Kier alpha value is -0.870. The van der Waals surface area contributed by atoms with Crippen LogP contribution in [0.4, 0.5) is 0 Å². The fraction of sp³-hybridized carbons (Fsp3) is 0.706. The van der Waals surface area contributed by atoms with Crippen molar-refractivity contribution in [1.29, 1.82) is 0 Å². The highest BCUT2D eigenvalue weighted by atomic mass is 32.1. The Labute approximate surface area is 132 Å². The highest BCUT2D eigenvalue weighted by Crippen LogP contribution is 2.27. The van der Waals surface area contributed by atoms with Crippen molar-refractivity contribution in [2.75, 3.05) is 13.1 Å². The zero-order valence-electron chi connectivity index (χ0n) is 13.7. The Balaban J connectivity index is 1.84. The first-order valence-corrected chi connectivity index (χ1v) is 8.86. The van der Waals surface area contributed by atoms with Crippen molar-refractivity contribution in [3.05, 3.63) is 21.4 Å². The molecule has 1 saturated heterocycles. The van der Waals surface area contributed by atoms with Gasteiger partial charge in [0.15, 0.2) is 0 Å². The van der Waals surface area contributed by atoms with Gasteiger partial charge < -0.3 is 10.6 Å². The smallest absolute Gasteiger partial charge is 0.220 e. The number of carbonyl (C=O) groups excluding carboxylic acids is 1. The van der Waals surface area contributed by atoms with Crippen LogP contribution in [-0.2, 0) is 4.79 Å². The van der Waals surface area contributed by atoms with Gasteiger partial charge in [-0.05, 0) is 70.2 Å². The number of rotatable bonds is 5. The van der Waals surface area contributed by atoms with E-state index in [-0.39, 0.29) is 11.9 Å². The molecule has 3 nitrogen and oxygen atoms in total. The largest absolute Gasteiger partial charge is 0.350 e. The molecule has 0 radical (unpaired) electrons. The number of nitrogens with one attached hydrogen (secondary N) is 2. The molecular weight excluding hydrogens is 280 g/mol. The second-order valence-electron chi connectivity index (χ2n) is 6.45. The summed E-state index contributed by atoms with van der Waals surface area (Å²) in [5.74, 6) is 1.28.